The van der Waals surface area contributed by atoms with Gasteiger partial charge in [0.15, 0.2) is 0 Å². The van der Waals surface area contributed by atoms with Crippen molar-refractivity contribution >= 4 is 23.9 Å². The summed E-state index contributed by atoms with van der Waals surface area (Å²) < 4.78 is 9.50. The molecule has 0 saturated carbocycles. The molecule has 1 aromatic rings. The van der Waals surface area contributed by atoms with E-state index in [2.05, 4.69) is 4.74 Å². The van der Waals surface area contributed by atoms with Crippen LogP contribution in [0.15, 0.2) is 41.1 Å². The normalized spacial score (nSPS) is 16.0. The molecule has 0 saturated heterocycles. The molecular weight excluding hydrogens is 322 g/mol. The molecule has 0 N–H and O–H groups in total. The van der Waals surface area contributed by atoms with Gasteiger partial charge in [0.2, 0.25) is 0 Å². The summed E-state index contributed by atoms with van der Waals surface area (Å²) in [5, 5.41) is 0. The lowest BCUT2D eigenvalue weighted by molar-refractivity contribution is -0.136. The molecule has 1 heterocycles. The number of methoxy groups -OCH3 is 2. The van der Waals surface area contributed by atoms with E-state index in [0.717, 1.165) is 0 Å². The average Bonchev–Trinajstić information content (AvgIpc) is 2.84. The van der Waals surface area contributed by atoms with Gasteiger partial charge in [-0.15, -0.1) is 0 Å². The van der Waals surface area contributed by atoms with Crippen LogP contribution in [0.4, 0.5) is 0 Å². The molecule has 132 valence electrons. The highest BCUT2D eigenvalue weighted by atomic mass is 16.5. The van der Waals surface area contributed by atoms with Gasteiger partial charge in [0.1, 0.15) is 0 Å². The van der Waals surface area contributed by atoms with Crippen molar-refractivity contribution in [3.8, 4) is 0 Å². The van der Waals surface area contributed by atoms with Crippen LogP contribution >= 0.6 is 0 Å². The Labute approximate surface area is 146 Å². The molecule has 2 rings (SSSR count). The molecule has 25 heavy (non-hydrogen) atoms. The molecule has 6 heteroatoms. The zero-order valence-corrected chi connectivity index (χ0v) is 15.0. The second-order valence-electron chi connectivity index (χ2n) is 5.89. The Balaban J connectivity index is 2.48. The van der Waals surface area contributed by atoms with E-state index < -0.39 is 11.9 Å². The first-order valence-corrected chi connectivity index (χ1v) is 7.85. The molecule has 1 amide bonds. The molecule has 0 aliphatic carbocycles. The number of allylic oxidation sites excluding steroid dienone is 1. The Morgan fingerprint density at radius 1 is 1.04 bits per heavy atom. The number of carbonyl (C=O) groups excluding carboxylic acids is 3. The predicted octanol–water partition coefficient (Wildman–Crippen LogP) is 2.55. The van der Waals surface area contributed by atoms with Crippen LogP contribution in [0.25, 0.3) is 6.08 Å². The van der Waals surface area contributed by atoms with Crippen LogP contribution < -0.4 is 0 Å². The number of rotatable bonds is 4. The molecule has 1 aromatic carbocycles. The Kier molecular flexibility index (Phi) is 5.41. The fourth-order valence-electron chi connectivity index (χ4n) is 2.82. The maximum atomic E-state index is 12.7. The van der Waals surface area contributed by atoms with Crippen molar-refractivity contribution in [1.29, 1.82) is 0 Å². The van der Waals surface area contributed by atoms with E-state index in [1.165, 1.54) is 14.2 Å². The van der Waals surface area contributed by atoms with E-state index in [0.29, 0.717) is 16.8 Å². The molecule has 0 atom stereocenters. The van der Waals surface area contributed by atoms with Crippen molar-refractivity contribution in [2.45, 2.75) is 26.8 Å². The van der Waals surface area contributed by atoms with Gasteiger partial charge in [0, 0.05) is 11.7 Å². The monoisotopic (exact) mass is 343 g/mol. The predicted molar refractivity (Wildman–Crippen MR) is 92.5 cm³/mol. The fraction of sp³-hybridized carbons (Fsp3) is 0.316. The molecule has 1 aliphatic rings. The van der Waals surface area contributed by atoms with Gasteiger partial charge in [-0.1, -0.05) is 12.1 Å². The van der Waals surface area contributed by atoms with Gasteiger partial charge < -0.3 is 14.4 Å². The minimum Gasteiger partial charge on any atom is -0.465 e. The number of ether oxygens (including phenoxy) is 2. The number of esters is 2. The second-order valence-corrected chi connectivity index (χ2v) is 5.89. The molecule has 0 aromatic heterocycles. The molecular formula is C19H21NO5. The summed E-state index contributed by atoms with van der Waals surface area (Å²) in [7, 11) is 2.60. The summed E-state index contributed by atoms with van der Waals surface area (Å²) in [5.41, 5.74) is 2.22. The Morgan fingerprint density at radius 2 is 1.60 bits per heavy atom. The first-order chi connectivity index (χ1) is 11.8. The zero-order chi connectivity index (χ0) is 18.7. The first kappa shape index (κ1) is 18.4. The molecule has 0 spiro atoms. The summed E-state index contributed by atoms with van der Waals surface area (Å²) in [6.45, 7) is 5.49. The van der Waals surface area contributed by atoms with Crippen molar-refractivity contribution in [3.05, 3.63) is 52.2 Å². The van der Waals surface area contributed by atoms with Crippen LogP contribution in [0, 0.1) is 0 Å². The lowest BCUT2D eigenvalue weighted by Gasteiger charge is -2.22. The van der Waals surface area contributed by atoms with Crippen molar-refractivity contribution in [3.63, 3.8) is 0 Å². The van der Waals surface area contributed by atoms with Crippen molar-refractivity contribution in [2.75, 3.05) is 14.2 Å². The van der Waals surface area contributed by atoms with E-state index in [-0.39, 0.29) is 23.1 Å². The number of nitrogens with zero attached hydrogens (tertiary/aromatic N) is 1. The van der Waals surface area contributed by atoms with E-state index in [9.17, 15) is 14.4 Å². The van der Waals surface area contributed by atoms with Crippen LogP contribution in [0.3, 0.4) is 0 Å². The number of carbonyl (C=O) groups is 3. The summed E-state index contributed by atoms with van der Waals surface area (Å²) in [6, 6.07) is 6.50. The molecule has 0 radical (unpaired) electrons. The maximum Gasteiger partial charge on any atom is 0.340 e. The topological polar surface area (TPSA) is 72.9 Å². The number of hydrogen-bond donors (Lipinski definition) is 0. The number of hydrogen-bond acceptors (Lipinski definition) is 5. The van der Waals surface area contributed by atoms with Crippen LogP contribution in [-0.2, 0) is 19.1 Å². The fourth-order valence-corrected chi connectivity index (χ4v) is 2.82. The second kappa shape index (κ2) is 7.34. The Hall–Kier alpha value is -2.89. The van der Waals surface area contributed by atoms with Crippen molar-refractivity contribution < 1.29 is 23.9 Å². The Bertz CT molecular complexity index is 772. The highest BCUT2D eigenvalue weighted by molar-refractivity contribution is 6.16. The van der Waals surface area contributed by atoms with Crippen LogP contribution in [0.2, 0.25) is 0 Å². The SMILES string of the molecule is COC(=O)C1=C(C)N(C(C)C)C(=O)/C1=C\c1ccc(C(=O)OC)cc1. The highest BCUT2D eigenvalue weighted by Crippen LogP contribution is 2.33. The summed E-state index contributed by atoms with van der Waals surface area (Å²) in [5.74, 6) is -1.23. The summed E-state index contributed by atoms with van der Waals surface area (Å²) in [4.78, 5) is 38.0. The molecule has 0 unspecified atom stereocenters. The largest absolute Gasteiger partial charge is 0.465 e. The van der Waals surface area contributed by atoms with Crippen LogP contribution in [0.5, 0.6) is 0 Å². The van der Waals surface area contributed by atoms with Crippen LogP contribution in [0.1, 0.15) is 36.7 Å². The van der Waals surface area contributed by atoms with E-state index >= 15 is 0 Å². The quantitative estimate of drug-likeness (QED) is 0.620. The van der Waals surface area contributed by atoms with E-state index in [4.69, 9.17) is 4.74 Å². The lowest BCUT2D eigenvalue weighted by Crippen LogP contribution is -2.31. The molecule has 6 nitrogen and oxygen atoms in total. The number of benzene rings is 1. The van der Waals surface area contributed by atoms with E-state index in [1.54, 1.807) is 42.2 Å². The van der Waals surface area contributed by atoms with Gasteiger partial charge in [-0.3, -0.25) is 4.79 Å². The van der Waals surface area contributed by atoms with Gasteiger partial charge >= 0.3 is 11.9 Å². The van der Waals surface area contributed by atoms with Crippen LogP contribution in [-0.4, -0.2) is 43.0 Å². The minimum absolute atomic E-state index is 0.0836. The molecule has 0 fully saturated rings. The third-order valence-electron chi connectivity index (χ3n) is 3.99. The smallest absolute Gasteiger partial charge is 0.340 e. The third-order valence-corrected chi connectivity index (χ3v) is 3.99. The number of amides is 1. The van der Waals surface area contributed by atoms with Gasteiger partial charge in [-0.05, 0) is 44.5 Å². The maximum absolute atomic E-state index is 12.7. The average molecular weight is 343 g/mol. The van der Waals surface area contributed by atoms with Gasteiger partial charge in [0.05, 0.1) is 30.9 Å². The highest BCUT2D eigenvalue weighted by Gasteiger charge is 2.38. The zero-order valence-electron chi connectivity index (χ0n) is 15.0. The van der Waals surface area contributed by atoms with Crippen molar-refractivity contribution in [1.82, 2.24) is 4.90 Å². The Morgan fingerprint density at radius 3 is 2.08 bits per heavy atom. The minimum atomic E-state index is -0.550. The van der Waals surface area contributed by atoms with Crippen molar-refractivity contribution in [2.24, 2.45) is 0 Å². The van der Waals surface area contributed by atoms with Gasteiger partial charge in [-0.25, -0.2) is 9.59 Å². The van der Waals surface area contributed by atoms with Gasteiger partial charge in [-0.2, -0.15) is 0 Å². The third kappa shape index (κ3) is 3.47. The summed E-state index contributed by atoms with van der Waals surface area (Å²) >= 11 is 0. The molecule has 1 aliphatic heterocycles. The standard InChI is InChI=1S/C19H21NO5/c1-11(2)20-12(3)16(19(23)25-5)15(17(20)21)10-13-6-8-14(9-7-13)18(22)24-4/h6-11H,1-5H3/b15-10-. The molecule has 0 bridgehead atoms. The van der Waals surface area contributed by atoms with Gasteiger partial charge in [0.25, 0.3) is 5.91 Å². The summed E-state index contributed by atoms with van der Waals surface area (Å²) in [6.07, 6.45) is 1.63. The van der Waals surface area contributed by atoms with E-state index in [1.807, 2.05) is 13.8 Å². The first-order valence-electron chi connectivity index (χ1n) is 7.85. The lowest BCUT2D eigenvalue weighted by atomic mass is 10.0.